The molecule has 2 aromatic heterocycles. The van der Waals surface area contributed by atoms with Gasteiger partial charge in [0.15, 0.2) is 5.69 Å². The van der Waals surface area contributed by atoms with Crippen LogP contribution in [0.4, 0.5) is 5.69 Å². The Morgan fingerprint density at radius 2 is 2.00 bits per heavy atom. The Hall–Kier alpha value is -2.86. The number of amides is 2. The van der Waals surface area contributed by atoms with Crippen molar-refractivity contribution >= 4 is 34.6 Å². The fourth-order valence-corrected chi connectivity index (χ4v) is 3.00. The SMILES string of the molecule is CCCCNC(=O)c1nc(C(=O)Nc2ccc(Cl)cc2C)n2ccccc12. The van der Waals surface area contributed by atoms with Gasteiger partial charge in [-0.3, -0.25) is 14.0 Å². The molecule has 2 N–H and O–H groups in total. The number of carbonyl (C=O) groups excluding carboxylic acids is 2. The quantitative estimate of drug-likeness (QED) is 0.629. The van der Waals surface area contributed by atoms with Crippen LogP contribution in [0.5, 0.6) is 0 Å². The van der Waals surface area contributed by atoms with Crippen LogP contribution in [0.1, 0.15) is 46.4 Å². The number of rotatable bonds is 6. The van der Waals surface area contributed by atoms with E-state index in [0.29, 0.717) is 22.8 Å². The summed E-state index contributed by atoms with van der Waals surface area (Å²) in [5, 5.41) is 6.29. The molecule has 0 saturated heterocycles. The molecule has 0 unspecified atom stereocenters. The molecule has 2 heterocycles. The number of nitrogens with one attached hydrogen (secondary N) is 2. The lowest BCUT2D eigenvalue weighted by molar-refractivity contribution is 0.0950. The van der Waals surface area contributed by atoms with Crippen LogP contribution in [0.2, 0.25) is 5.02 Å². The number of aryl methyl sites for hydroxylation is 1. The number of pyridine rings is 1. The maximum Gasteiger partial charge on any atom is 0.292 e. The molecule has 140 valence electrons. The molecular weight excluding hydrogens is 364 g/mol. The molecular formula is C20H21ClN4O2. The molecule has 0 atom stereocenters. The Balaban J connectivity index is 1.92. The van der Waals surface area contributed by atoms with Crippen molar-refractivity contribution in [2.24, 2.45) is 0 Å². The summed E-state index contributed by atoms with van der Waals surface area (Å²) in [5.41, 5.74) is 2.31. The van der Waals surface area contributed by atoms with Crippen molar-refractivity contribution in [3.8, 4) is 0 Å². The zero-order valence-corrected chi connectivity index (χ0v) is 16.0. The number of nitrogens with zero attached hydrogens (tertiary/aromatic N) is 2. The van der Waals surface area contributed by atoms with Crippen molar-refractivity contribution in [3.05, 3.63) is 64.7 Å². The van der Waals surface area contributed by atoms with E-state index in [1.165, 1.54) is 0 Å². The van der Waals surface area contributed by atoms with Gasteiger partial charge in [0.25, 0.3) is 11.8 Å². The summed E-state index contributed by atoms with van der Waals surface area (Å²) < 4.78 is 1.62. The molecule has 0 bridgehead atoms. The first-order valence-corrected chi connectivity index (χ1v) is 9.22. The van der Waals surface area contributed by atoms with Crippen LogP contribution >= 0.6 is 11.6 Å². The molecule has 0 radical (unpaired) electrons. The van der Waals surface area contributed by atoms with E-state index in [2.05, 4.69) is 22.5 Å². The Morgan fingerprint density at radius 3 is 2.74 bits per heavy atom. The first-order valence-electron chi connectivity index (χ1n) is 8.84. The summed E-state index contributed by atoms with van der Waals surface area (Å²) in [6.07, 6.45) is 3.59. The van der Waals surface area contributed by atoms with E-state index in [4.69, 9.17) is 11.6 Å². The largest absolute Gasteiger partial charge is 0.351 e. The minimum absolute atomic E-state index is 0.153. The van der Waals surface area contributed by atoms with E-state index in [9.17, 15) is 9.59 Å². The van der Waals surface area contributed by atoms with Gasteiger partial charge in [-0.05, 0) is 49.2 Å². The number of aromatic nitrogens is 2. The van der Waals surface area contributed by atoms with Gasteiger partial charge in [-0.25, -0.2) is 4.98 Å². The van der Waals surface area contributed by atoms with Gasteiger partial charge in [-0.2, -0.15) is 0 Å². The average molecular weight is 385 g/mol. The Labute approximate surface area is 162 Å². The number of halogens is 1. The number of anilines is 1. The maximum absolute atomic E-state index is 12.8. The molecule has 27 heavy (non-hydrogen) atoms. The molecule has 0 saturated carbocycles. The number of hydrogen-bond acceptors (Lipinski definition) is 3. The second-order valence-electron chi connectivity index (χ2n) is 6.26. The van der Waals surface area contributed by atoms with Crippen LogP contribution in [-0.2, 0) is 0 Å². The summed E-state index contributed by atoms with van der Waals surface area (Å²) in [5.74, 6) is -0.524. The minimum atomic E-state index is -0.394. The zero-order chi connectivity index (χ0) is 19.4. The van der Waals surface area contributed by atoms with Crippen molar-refractivity contribution in [2.75, 3.05) is 11.9 Å². The van der Waals surface area contributed by atoms with Gasteiger partial charge >= 0.3 is 0 Å². The molecule has 0 fully saturated rings. The van der Waals surface area contributed by atoms with Gasteiger partial charge in [0.2, 0.25) is 5.82 Å². The molecule has 0 aliphatic heterocycles. The number of hydrogen-bond donors (Lipinski definition) is 2. The lowest BCUT2D eigenvalue weighted by Gasteiger charge is -2.08. The predicted molar refractivity (Wildman–Crippen MR) is 107 cm³/mol. The summed E-state index contributed by atoms with van der Waals surface area (Å²) in [6.45, 7) is 4.49. The predicted octanol–water partition coefficient (Wildman–Crippen LogP) is 4.08. The molecule has 3 aromatic rings. The third kappa shape index (κ3) is 4.11. The first-order chi connectivity index (χ1) is 13.0. The van der Waals surface area contributed by atoms with E-state index in [1.54, 1.807) is 40.9 Å². The van der Waals surface area contributed by atoms with E-state index >= 15 is 0 Å². The van der Waals surface area contributed by atoms with E-state index in [1.807, 2.05) is 13.0 Å². The third-order valence-corrected chi connectivity index (χ3v) is 4.45. The summed E-state index contributed by atoms with van der Waals surface area (Å²) in [7, 11) is 0. The van der Waals surface area contributed by atoms with Crippen LogP contribution in [0.15, 0.2) is 42.6 Å². The highest BCUT2D eigenvalue weighted by Gasteiger charge is 2.21. The van der Waals surface area contributed by atoms with Crippen LogP contribution in [0.3, 0.4) is 0 Å². The third-order valence-electron chi connectivity index (χ3n) is 4.22. The average Bonchev–Trinajstić information content (AvgIpc) is 3.04. The standard InChI is InChI=1S/C20H21ClN4O2/c1-3-4-10-22-19(26)17-16-7-5-6-11-25(16)18(24-17)20(27)23-15-9-8-14(21)12-13(15)2/h5-9,11-12H,3-4,10H2,1-2H3,(H,22,26)(H,23,27). The van der Waals surface area contributed by atoms with Crippen LogP contribution < -0.4 is 10.6 Å². The van der Waals surface area contributed by atoms with E-state index < -0.39 is 5.91 Å². The molecule has 7 heteroatoms. The number of carbonyl (C=O) groups is 2. The number of unbranched alkanes of at least 4 members (excludes halogenated alkanes) is 1. The molecule has 2 amide bonds. The summed E-state index contributed by atoms with van der Waals surface area (Å²) in [6, 6.07) is 10.6. The molecule has 3 rings (SSSR count). The number of imidazole rings is 1. The van der Waals surface area contributed by atoms with Gasteiger partial charge in [0.05, 0.1) is 5.52 Å². The summed E-state index contributed by atoms with van der Waals surface area (Å²) in [4.78, 5) is 29.6. The lowest BCUT2D eigenvalue weighted by Crippen LogP contribution is -2.25. The van der Waals surface area contributed by atoms with Crippen molar-refractivity contribution in [1.82, 2.24) is 14.7 Å². The summed E-state index contributed by atoms with van der Waals surface area (Å²) >= 11 is 5.97. The highest BCUT2D eigenvalue weighted by atomic mass is 35.5. The Morgan fingerprint density at radius 1 is 1.19 bits per heavy atom. The van der Waals surface area contributed by atoms with Crippen LogP contribution in [0.25, 0.3) is 5.52 Å². The minimum Gasteiger partial charge on any atom is -0.351 e. The van der Waals surface area contributed by atoms with Gasteiger partial charge in [-0.1, -0.05) is 31.0 Å². The highest BCUT2D eigenvalue weighted by Crippen LogP contribution is 2.21. The molecule has 6 nitrogen and oxygen atoms in total. The maximum atomic E-state index is 12.8. The van der Waals surface area contributed by atoms with Gasteiger partial charge < -0.3 is 10.6 Å². The van der Waals surface area contributed by atoms with Gasteiger partial charge in [-0.15, -0.1) is 0 Å². The fourth-order valence-electron chi connectivity index (χ4n) is 2.77. The molecule has 0 aliphatic carbocycles. The van der Waals surface area contributed by atoms with Crippen LogP contribution in [0, 0.1) is 6.92 Å². The molecule has 1 aromatic carbocycles. The zero-order valence-electron chi connectivity index (χ0n) is 15.3. The number of fused-ring (bicyclic) bond motifs is 1. The smallest absolute Gasteiger partial charge is 0.292 e. The lowest BCUT2D eigenvalue weighted by atomic mass is 10.2. The monoisotopic (exact) mass is 384 g/mol. The topological polar surface area (TPSA) is 75.5 Å². The van der Waals surface area contributed by atoms with Crippen LogP contribution in [-0.4, -0.2) is 27.7 Å². The Kier molecular flexibility index (Phi) is 5.76. The van der Waals surface area contributed by atoms with E-state index in [-0.39, 0.29) is 17.4 Å². The normalized spacial score (nSPS) is 10.8. The Bertz CT molecular complexity index is 997. The van der Waals surface area contributed by atoms with Crippen molar-refractivity contribution in [1.29, 1.82) is 0 Å². The van der Waals surface area contributed by atoms with Crippen molar-refractivity contribution in [3.63, 3.8) is 0 Å². The second kappa shape index (κ2) is 8.22. The second-order valence-corrected chi connectivity index (χ2v) is 6.70. The van der Waals surface area contributed by atoms with Gasteiger partial charge in [0, 0.05) is 23.5 Å². The van der Waals surface area contributed by atoms with Crippen molar-refractivity contribution < 1.29 is 9.59 Å². The van der Waals surface area contributed by atoms with Gasteiger partial charge in [0.1, 0.15) is 0 Å². The van der Waals surface area contributed by atoms with Crippen molar-refractivity contribution in [2.45, 2.75) is 26.7 Å². The first kappa shape index (κ1) is 18.9. The van der Waals surface area contributed by atoms with E-state index in [0.717, 1.165) is 18.4 Å². The highest BCUT2D eigenvalue weighted by molar-refractivity contribution is 6.30. The number of benzene rings is 1. The fraction of sp³-hybridized carbons (Fsp3) is 0.250. The molecule has 0 aliphatic rings. The molecule has 0 spiro atoms.